The van der Waals surface area contributed by atoms with Crippen LogP contribution < -0.4 is 9.46 Å². The third-order valence-corrected chi connectivity index (χ3v) is 6.92. The summed E-state index contributed by atoms with van der Waals surface area (Å²) in [5.74, 6) is 0.954. The van der Waals surface area contributed by atoms with Gasteiger partial charge in [-0.1, -0.05) is 35.9 Å². The third-order valence-electron chi connectivity index (χ3n) is 5.39. The molecule has 1 aliphatic heterocycles. The molecule has 7 heteroatoms. The van der Waals surface area contributed by atoms with Gasteiger partial charge in [-0.25, -0.2) is 13.1 Å². The summed E-state index contributed by atoms with van der Waals surface area (Å²) < 4.78 is 33.6. The van der Waals surface area contributed by atoms with E-state index in [1.807, 2.05) is 43.0 Å². The van der Waals surface area contributed by atoms with Crippen molar-refractivity contribution in [3.8, 4) is 5.75 Å². The topological polar surface area (TPSA) is 75.7 Å². The second kappa shape index (κ2) is 10.1. The first-order valence-corrected chi connectivity index (χ1v) is 11.9. The van der Waals surface area contributed by atoms with Gasteiger partial charge in [0, 0.05) is 25.6 Å². The van der Waals surface area contributed by atoms with Crippen LogP contribution in [-0.2, 0) is 14.8 Å². The largest absolute Gasteiger partial charge is 0.493 e. The average Bonchev–Trinajstić information content (AvgIpc) is 2.73. The lowest BCUT2D eigenvalue weighted by atomic mass is 10.1. The number of piperidine rings is 1. The molecule has 1 N–H and O–H groups in total. The van der Waals surface area contributed by atoms with Crippen LogP contribution in [0.3, 0.4) is 0 Å². The van der Waals surface area contributed by atoms with Gasteiger partial charge in [-0.2, -0.15) is 0 Å². The maximum absolute atomic E-state index is 12.5. The number of likely N-dealkylation sites (tertiary alicyclic amines) is 1. The van der Waals surface area contributed by atoms with E-state index in [0.29, 0.717) is 45.4 Å². The normalized spacial score (nSPS) is 15.2. The van der Waals surface area contributed by atoms with E-state index in [-0.39, 0.29) is 16.8 Å². The van der Waals surface area contributed by atoms with Crippen molar-refractivity contribution in [2.24, 2.45) is 0 Å². The monoisotopic (exact) mass is 430 g/mol. The highest BCUT2D eigenvalue weighted by molar-refractivity contribution is 7.89. The van der Waals surface area contributed by atoms with E-state index in [9.17, 15) is 13.2 Å². The number of hydrogen-bond acceptors (Lipinski definition) is 4. The minimum atomic E-state index is -3.53. The highest BCUT2D eigenvalue weighted by Gasteiger charge is 2.26. The molecule has 1 aliphatic rings. The molecule has 0 aromatic heterocycles. The number of aryl methyl sites for hydroxylation is 2. The van der Waals surface area contributed by atoms with E-state index in [2.05, 4.69) is 4.72 Å². The average molecular weight is 431 g/mol. The third kappa shape index (κ3) is 6.06. The molecule has 1 saturated heterocycles. The lowest BCUT2D eigenvalue weighted by Crippen LogP contribution is -2.46. The van der Waals surface area contributed by atoms with Crippen molar-refractivity contribution in [1.82, 2.24) is 9.62 Å². The smallest absolute Gasteiger partial charge is 0.240 e. The molecule has 0 saturated carbocycles. The van der Waals surface area contributed by atoms with E-state index in [4.69, 9.17) is 4.74 Å². The summed E-state index contributed by atoms with van der Waals surface area (Å²) in [4.78, 5) is 14.6. The number of carbonyl (C=O) groups excluding carboxylic acids is 1. The molecular weight excluding hydrogens is 400 g/mol. The van der Waals surface area contributed by atoms with Gasteiger partial charge in [0.1, 0.15) is 5.75 Å². The Kier molecular flexibility index (Phi) is 7.50. The molecule has 1 amide bonds. The molecule has 0 spiro atoms. The zero-order valence-corrected chi connectivity index (χ0v) is 18.5. The summed E-state index contributed by atoms with van der Waals surface area (Å²) in [6.07, 6.45) is 2.34. The van der Waals surface area contributed by atoms with Crippen LogP contribution in [0.5, 0.6) is 5.75 Å². The summed E-state index contributed by atoms with van der Waals surface area (Å²) in [6, 6.07) is 14.5. The Labute approximate surface area is 179 Å². The molecule has 0 radical (unpaired) electrons. The van der Waals surface area contributed by atoms with Gasteiger partial charge < -0.3 is 9.64 Å². The number of amides is 1. The first-order valence-electron chi connectivity index (χ1n) is 10.4. The molecule has 2 aromatic rings. The maximum Gasteiger partial charge on any atom is 0.240 e. The summed E-state index contributed by atoms with van der Waals surface area (Å²) in [7, 11) is -3.53. The van der Waals surface area contributed by atoms with Gasteiger partial charge in [-0.3, -0.25) is 4.79 Å². The lowest BCUT2D eigenvalue weighted by Gasteiger charge is -2.32. The number of nitrogens with zero attached hydrogens (tertiary/aromatic N) is 1. The van der Waals surface area contributed by atoms with Crippen LogP contribution in [-0.4, -0.2) is 45.0 Å². The Balaban J connectivity index is 1.40. The molecule has 1 fully saturated rings. The van der Waals surface area contributed by atoms with Crippen molar-refractivity contribution in [2.75, 3.05) is 19.7 Å². The van der Waals surface area contributed by atoms with Crippen LogP contribution in [0, 0.1) is 13.8 Å². The van der Waals surface area contributed by atoms with Gasteiger partial charge in [-0.15, -0.1) is 0 Å². The minimum Gasteiger partial charge on any atom is -0.493 e. The quantitative estimate of drug-likeness (QED) is 0.651. The van der Waals surface area contributed by atoms with Crippen molar-refractivity contribution >= 4 is 15.9 Å². The highest BCUT2D eigenvalue weighted by Crippen LogP contribution is 2.18. The van der Waals surface area contributed by atoms with Crippen LogP contribution in [0.1, 0.15) is 36.8 Å². The second-order valence-electron chi connectivity index (χ2n) is 7.81. The molecule has 6 nitrogen and oxygen atoms in total. The van der Waals surface area contributed by atoms with Crippen LogP contribution in [0.4, 0.5) is 0 Å². The molecule has 0 aliphatic carbocycles. The fourth-order valence-electron chi connectivity index (χ4n) is 3.53. The van der Waals surface area contributed by atoms with Crippen LogP contribution in [0.25, 0.3) is 0 Å². The molecule has 0 atom stereocenters. The predicted molar refractivity (Wildman–Crippen MR) is 117 cm³/mol. The zero-order valence-electron chi connectivity index (χ0n) is 17.6. The Morgan fingerprint density at radius 3 is 2.40 bits per heavy atom. The van der Waals surface area contributed by atoms with Gasteiger partial charge in [0.2, 0.25) is 15.9 Å². The van der Waals surface area contributed by atoms with Crippen LogP contribution in [0.15, 0.2) is 53.4 Å². The van der Waals surface area contributed by atoms with Crippen molar-refractivity contribution < 1.29 is 17.9 Å². The highest BCUT2D eigenvalue weighted by atomic mass is 32.2. The predicted octanol–water partition coefficient (Wildman–Crippen LogP) is 3.43. The standard InChI is InChI=1S/C23H30N2O4S/c1-18-9-11-21(12-10-18)30(27,28)24-20-13-15-25(16-14-20)23(26)8-5-17-29-22-7-4-3-6-19(22)2/h3-4,6-7,9-12,20,24H,5,8,13-17H2,1-2H3. The molecule has 30 heavy (non-hydrogen) atoms. The van der Waals surface area contributed by atoms with Crippen molar-refractivity contribution in [3.05, 3.63) is 59.7 Å². The maximum atomic E-state index is 12.5. The fourth-order valence-corrected chi connectivity index (χ4v) is 4.84. The van der Waals surface area contributed by atoms with Gasteiger partial charge in [0.25, 0.3) is 0 Å². The van der Waals surface area contributed by atoms with E-state index in [0.717, 1.165) is 16.9 Å². The molecule has 3 rings (SSSR count). The van der Waals surface area contributed by atoms with Gasteiger partial charge in [0.05, 0.1) is 11.5 Å². The Bertz CT molecular complexity index is 949. The van der Waals surface area contributed by atoms with E-state index >= 15 is 0 Å². The number of hydrogen-bond donors (Lipinski definition) is 1. The number of sulfonamides is 1. The Morgan fingerprint density at radius 2 is 1.73 bits per heavy atom. The van der Waals surface area contributed by atoms with Crippen LogP contribution >= 0.6 is 0 Å². The van der Waals surface area contributed by atoms with Crippen LogP contribution in [0.2, 0.25) is 0 Å². The molecular formula is C23H30N2O4S. The fraction of sp³-hybridized carbons (Fsp3) is 0.435. The molecule has 2 aromatic carbocycles. The summed E-state index contributed by atoms with van der Waals surface area (Å²) in [6.45, 7) is 5.56. The number of rotatable bonds is 8. The number of carbonyl (C=O) groups is 1. The number of nitrogens with one attached hydrogen (secondary N) is 1. The number of para-hydroxylation sites is 1. The van der Waals surface area contributed by atoms with Crippen molar-refractivity contribution in [1.29, 1.82) is 0 Å². The molecule has 162 valence electrons. The van der Waals surface area contributed by atoms with Gasteiger partial charge in [-0.05, 0) is 56.9 Å². The zero-order chi connectivity index (χ0) is 21.6. The summed E-state index contributed by atoms with van der Waals surface area (Å²) in [5.41, 5.74) is 2.10. The number of ether oxygens (including phenoxy) is 1. The SMILES string of the molecule is Cc1ccc(S(=O)(=O)NC2CCN(C(=O)CCCOc3ccccc3C)CC2)cc1. The minimum absolute atomic E-state index is 0.100. The second-order valence-corrected chi connectivity index (χ2v) is 9.52. The summed E-state index contributed by atoms with van der Waals surface area (Å²) >= 11 is 0. The molecule has 0 unspecified atom stereocenters. The van der Waals surface area contributed by atoms with Crippen molar-refractivity contribution in [2.45, 2.75) is 50.5 Å². The van der Waals surface area contributed by atoms with Gasteiger partial charge in [0.15, 0.2) is 0 Å². The molecule has 1 heterocycles. The first kappa shape index (κ1) is 22.3. The van der Waals surface area contributed by atoms with Gasteiger partial charge >= 0.3 is 0 Å². The first-order chi connectivity index (χ1) is 14.3. The van der Waals surface area contributed by atoms with Crippen molar-refractivity contribution in [3.63, 3.8) is 0 Å². The Hall–Kier alpha value is -2.38. The van der Waals surface area contributed by atoms with E-state index < -0.39 is 10.0 Å². The lowest BCUT2D eigenvalue weighted by molar-refractivity contribution is -0.132. The summed E-state index contributed by atoms with van der Waals surface area (Å²) in [5, 5.41) is 0. The Morgan fingerprint density at radius 1 is 1.07 bits per heavy atom. The van der Waals surface area contributed by atoms with E-state index in [1.165, 1.54) is 0 Å². The molecule has 0 bridgehead atoms. The number of benzene rings is 2. The van der Waals surface area contributed by atoms with E-state index in [1.54, 1.807) is 24.3 Å².